The Kier molecular flexibility index (Phi) is 5.07. The van der Waals surface area contributed by atoms with Gasteiger partial charge in [0, 0.05) is 11.3 Å². The van der Waals surface area contributed by atoms with Gasteiger partial charge in [-0.3, -0.25) is 0 Å². The van der Waals surface area contributed by atoms with E-state index in [4.69, 9.17) is 17.3 Å². The topological polar surface area (TPSA) is 114 Å². The molecule has 7 nitrogen and oxygen atoms in total. The summed E-state index contributed by atoms with van der Waals surface area (Å²) in [5.41, 5.74) is 6.43. The summed E-state index contributed by atoms with van der Waals surface area (Å²) in [6.07, 6.45) is 0. The standard InChI is InChI=1S/C17H17ClFN5O2S/c1-9(2)27(25,26)12-5-3-10(4-6-12)15-13(18)7-11(8-14(15)19)21-17-22-16(20)23-24-17/h3-9H,1-2H3,(H4,20,21,22,23,24). The molecule has 1 heterocycles. The fraction of sp³-hybridized carbons (Fsp3) is 0.176. The number of anilines is 3. The summed E-state index contributed by atoms with van der Waals surface area (Å²) >= 11 is 6.25. The predicted octanol–water partition coefficient (Wildman–Crippen LogP) is 3.77. The maximum Gasteiger partial charge on any atom is 0.248 e. The van der Waals surface area contributed by atoms with Crippen LogP contribution in [0.2, 0.25) is 5.02 Å². The fourth-order valence-electron chi connectivity index (χ4n) is 2.46. The number of nitrogen functional groups attached to an aromatic ring is 1. The van der Waals surface area contributed by atoms with Gasteiger partial charge in [-0.25, -0.2) is 17.9 Å². The van der Waals surface area contributed by atoms with Gasteiger partial charge in [-0.15, -0.1) is 5.10 Å². The number of H-pyrrole nitrogens is 1. The molecule has 0 saturated heterocycles. The first-order valence-electron chi connectivity index (χ1n) is 7.96. The first-order chi connectivity index (χ1) is 12.7. The molecule has 3 rings (SSSR count). The van der Waals surface area contributed by atoms with Crippen molar-refractivity contribution in [2.75, 3.05) is 11.1 Å². The van der Waals surface area contributed by atoms with Crippen molar-refractivity contribution in [2.45, 2.75) is 24.0 Å². The number of sulfone groups is 1. The Hall–Kier alpha value is -2.65. The van der Waals surface area contributed by atoms with Crippen LogP contribution >= 0.6 is 11.6 Å². The molecule has 0 aliphatic rings. The summed E-state index contributed by atoms with van der Waals surface area (Å²) in [4.78, 5) is 4.05. The van der Waals surface area contributed by atoms with Crippen LogP contribution in [-0.4, -0.2) is 28.8 Å². The largest absolute Gasteiger partial charge is 0.368 e. The van der Waals surface area contributed by atoms with Gasteiger partial charge in [-0.05, 0) is 43.7 Å². The zero-order valence-electron chi connectivity index (χ0n) is 14.5. The van der Waals surface area contributed by atoms with Gasteiger partial charge in [0.25, 0.3) is 0 Å². The Morgan fingerprint density at radius 3 is 2.41 bits per heavy atom. The van der Waals surface area contributed by atoms with Gasteiger partial charge in [-0.2, -0.15) is 4.98 Å². The SMILES string of the molecule is CC(C)S(=O)(=O)c1ccc(-c2c(F)cc(Nc3n[nH]c(N)n3)cc2Cl)cc1. The second-order valence-electron chi connectivity index (χ2n) is 6.10. The van der Waals surface area contributed by atoms with Crippen molar-refractivity contribution in [3.8, 4) is 11.1 Å². The summed E-state index contributed by atoms with van der Waals surface area (Å²) < 4.78 is 39.1. The molecule has 0 spiro atoms. The van der Waals surface area contributed by atoms with E-state index in [0.717, 1.165) is 0 Å². The van der Waals surface area contributed by atoms with Crippen molar-refractivity contribution in [2.24, 2.45) is 0 Å². The van der Waals surface area contributed by atoms with Crippen LogP contribution in [0, 0.1) is 5.82 Å². The molecule has 3 aromatic rings. The molecule has 0 amide bonds. The van der Waals surface area contributed by atoms with Gasteiger partial charge in [-0.1, -0.05) is 23.7 Å². The van der Waals surface area contributed by atoms with Gasteiger partial charge >= 0.3 is 0 Å². The molecule has 2 aromatic carbocycles. The number of rotatable bonds is 5. The van der Waals surface area contributed by atoms with Crippen LogP contribution in [0.3, 0.4) is 0 Å². The third-order valence-electron chi connectivity index (χ3n) is 3.89. The van der Waals surface area contributed by atoms with E-state index in [-0.39, 0.29) is 27.4 Å². The maximum atomic E-state index is 14.7. The van der Waals surface area contributed by atoms with Crippen molar-refractivity contribution < 1.29 is 12.8 Å². The number of halogens is 2. The van der Waals surface area contributed by atoms with E-state index in [0.29, 0.717) is 11.3 Å². The first kappa shape index (κ1) is 19.1. The van der Waals surface area contributed by atoms with Crippen molar-refractivity contribution in [1.29, 1.82) is 0 Å². The summed E-state index contributed by atoms with van der Waals surface area (Å²) in [6.45, 7) is 3.21. The summed E-state index contributed by atoms with van der Waals surface area (Å²) in [5.74, 6) is -0.274. The molecule has 0 radical (unpaired) electrons. The van der Waals surface area contributed by atoms with Crippen LogP contribution < -0.4 is 11.1 Å². The Morgan fingerprint density at radius 1 is 1.22 bits per heavy atom. The molecule has 27 heavy (non-hydrogen) atoms. The van der Waals surface area contributed by atoms with Gasteiger partial charge in [0.05, 0.1) is 15.2 Å². The number of nitrogens with zero attached hydrogens (tertiary/aromatic N) is 2. The van der Waals surface area contributed by atoms with Crippen molar-refractivity contribution in [3.05, 3.63) is 47.2 Å². The third-order valence-corrected chi connectivity index (χ3v) is 6.36. The van der Waals surface area contributed by atoms with E-state index in [1.807, 2.05) is 0 Å². The molecule has 1 aromatic heterocycles. The van der Waals surface area contributed by atoms with E-state index >= 15 is 0 Å². The lowest BCUT2D eigenvalue weighted by Crippen LogP contribution is -2.13. The number of hydrogen-bond donors (Lipinski definition) is 3. The highest BCUT2D eigenvalue weighted by molar-refractivity contribution is 7.92. The highest BCUT2D eigenvalue weighted by atomic mass is 35.5. The number of aromatic amines is 1. The van der Waals surface area contributed by atoms with E-state index in [2.05, 4.69) is 20.5 Å². The van der Waals surface area contributed by atoms with E-state index in [9.17, 15) is 12.8 Å². The van der Waals surface area contributed by atoms with Crippen LogP contribution in [0.5, 0.6) is 0 Å². The molecule has 0 atom stereocenters. The van der Waals surface area contributed by atoms with Crippen molar-refractivity contribution >= 4 is 39.0 Å². The van der Waals surface area contributed by atoms with E-state index in [1.54, 1.807) is 13.8 Å². The van der Waals surface area contributed by atoms with Crippen LogP contribution in [0.1, 0.15) is 13.8 Å². The smallest absolute Gasteiger partial charge is 0.248 e. The Bertz CT molecular complexity index is 1060. The van der Waals surface area contributed by atoms with Gasteiger partial charge < -0.3 is 11.1 Å². The highest BCUT2D eigenvalue weighted by Crippen LogP contribution is 2.34. The quantitative estimate of drug-likeness (QED) is 0.591. The van der Waals surface area contributed by atoms with E-state index < -0.39 is 20.9 Å². The molecule has 142 valence electrons. The number of benzene rings is 2. The Labute approximate surface area is 160 Å². The number of aromatic nitrogens is 3. The molecule has 0 saturated carbocycles. The summed E-state index contributed by atoms with van der Waals surface area (Å²) in [5, 5.41) is 8.66. The Morgan fingerprint density at radius 2 is 1.89 bits per heavy atom. The molecule has 4 N–H and O–H groups in total. The zero-order valence-corrected chi connectivity index (χ0v) is 16.1. The number of nitrogens with two attached hydrogens (primary N) is 1. The molecule has 0 fully saturated rings. The molecular weight excluding hydrogens is 393 g/mol. The van der Waals surface area contributed by atoms with Crippen LogP contribution in [0.15, 0.2) is 41.3 Å². The minimum absolute atomic E-state index is 0.122. The van der Waals surface area contributed by atoms with Crippen LogP contribution in [-0.2, 0) is 9.84 Å². The average Bonchev–Trinajstić information content (AvgIpc) is 2.99. The molecule has 0 aliphatic heterocycles. The molecule has 0 bridgehead atoms. The minimum Gasteiger partial charge on any atom is -0.368 e. The zero-order chi connectivity index (χ0) is 19.8. The lowest BCUT2D eigenvalue weighted by atomic mass is 10.0. The highest BCUT2D eigenvalue weighted by Gasteiger charge is 2.20. The number of nitrogens with one attached hydrogen (secondary N) is 2. The molecule has 0 unspecified atom stereocenters. The number of hydrogen-bond acceptors (Lipinski definition) is 6. The van der Waals surface area contributed by atoms with E-state index in [1.165, 1.54) is 36.4 Å². The first-order valence-corrected chi connectivity index (χ1v) is 9.89. The lowest BCUT2D eigenvalue weighted by Gasteiger charge is -2.11. The second kappa shape index (κ2) is 7.16. The second-order valence-corrected chi connectivity index (χ2v) is 9.01. The van der Waals surface area contributed by atoms with Gasteiger partial charge in [0.2, 0.25) is 11.9 Å². The third kappa shape index (κ3) is 3.88. The lowest BCUT2D eigenvalue weighted by molar-refractivity contribution is 0.587. The van der Waals surface area contributed by atoms with Crippen LogP contribution in [0.25, 0.3) is 11.1 Å². The summed E-state index contributed by atoms with van der Waals surface area (Å²) in [7, 11) is -3.40. The fourth-order valence-corrected chi connectivity index (χ4v) is 3.84. The molecular formula is C17H17ClFN5O2S. The van der Waals surface area contributed by atoms with Crippen molar-refractivity contribution in [3.63, 3.8) is 0 Å². The Balaban J connectivity index is 1.93. The summed E-state index contributed by atoms with van der Waals surface area (Å²) in [6, 6.07) is 8.72. The monoisotopic (exact) mass is 409 g/mol. The minimum atomic E-state index is -3.40. The van der Waals surface area contributed by atoms with Crippen LogP contribution in [0.4, 0.5) is 22.0 Å². The molecule has 0 aliphatic carbocycles. The van der Waals surface area contributed by atoms with Gasteiger partial charge in [0.1, 0.15) is 5.82 Å². The van der Waals surface area contributed by atoms with Crippen molar-refractivity contribution in [1.82, 2.24) is 15.2 Å². The molecule has 10 heteroatoms. The average molecular weight is 410 g/mol. The maximum absolute atomic E-state index is 14.7. The predicted molar refractivity (Wildman–Crippen MR) is 103 cm³/mol. The van der Waals surface area contributed by atoms with Gasteiger partial charge in [0.15, 0.2) is 9.84 Å². The normalized spacial score (nSPS) is 11.7.